The van der Waals surface area contributed by atoms with E-state index >= 15 is 0 Å². The minimum atomic E-state index is -0.362. The summed E-state index contributed by atoms with van der Waals surface area (Å²) in [5, 5.41) is 12.8. The van der Waals surface area contributed by atoms with Gasteiger partial charge in [-0.2, -0.15) is 0 Å². The highest BCUT2D eigenvalue weighted by atomic mass is 79.9. The van der Waals surface area contributed by atoms with E-state index in [-0.39, 0.29) is 22.4 Å². The van der Waals surface area contributed by atoms with Crippen LogP contribution >= 0.6 is 39.1 Å². The molecule has 2 aromatic rings. The lowest BCUT2D eigenvalue weighted by Gasteiger charge is -2.10. The number of phenolic OH excluding ortho intramolecular Hbond substituents is 1. The lowest BCUT2D eigenvalue weighted by atomic mass is 10.1. The smallest absolute Gasteiger partial charge is 0.255 e. The molecule has 0 saturated heterocycles. The molecule has 2 N–H and O–H groups in total. The Kier molecular flexibility index (Phi) is 4.58. The van der Waals surface area contributed by atoms with E-state index in [0.29, 0.717) is 10.6 Å². The Balaban J connectivity index is 2.30. The van der Waals surface area contributed by atoms with E-state index in [1.54, 1.807) is 12.1 Å². The van der Waals surface area contributed by atoms with Crippen LogP contribution in [0, 0.1) is 6.92 Å². The number of carbonyl (C=O) groups is 1. The van der Waals surface area contributed by atoms with Gasteiger partial charge in [-0.3, -0.25) is 4.79 Å². The van der Waals surface area contributed by atoms with Crippen molar-refractivity contribution >= 4 is 50.7 Å². The number of carbonyl (C=O) groups excluding carboxylic acids is 1. The fourth-order valence-electron chi connectivity index (χ4n) is 1.59. The van der Waals surface area contributed by atoms with Crippen molar-refractivity contribution in [1.82, 2.24) is 0 Å². The summed E-state index contributed by atoms with van der Waals surface area (Å²) in [4.78, 5) is 12.1. The van der Waals surface area contributed by atoms with E-state index in [0.717, 1.165) is 10.0 Å². The minimum Gasteiger partial charge on any atom is -0.504 e. The maximum absolute atomic E-state index is 12.1. The first kappa shape index (κ1) is 15.2. The van der Waals surface area contributed by atoms with Gasteiger partial charge < -0.3 is 10.4 Å². The average molecular weight is 375 g/mol. The number of benzene rings is 2. The second-order valence-electron chi connectivity index (χ2n) is 4.20. The molecule has 3 nitrogen and oxygen atoms in total. The molecule has 0 unspecified atom stereocenters. The van der Waals surface area contributed by atoms with Crippen molar-refractivity contribution in [2.45, 2.75) is 6.92 Å². The van der Waals surface area contributed by atoms with Gasteiger partial charge in [-0.25, -0.2) is 0 Å². The first-order chi connectivity index (χ1) is 9.38. The summed E-state index contributed by atoms with van der Waals surface area (Å²) >= 11 is 15.0. The van der Waals surface area contributed by atoms with Crippen LogP contribution in [0.5, 0.6) is 5.75 Å². The highest BCUT2D eigenvalue weighted by molar-refractivity contribution is 9.10. The highest BCUT2D eigenvalue weighted by Crippen LogP contribution is 2.35. The largest absolute Gasteiger partial charge is 0.504 e. The lowest BCUT2D eigenvalue weighted by molar-refractivity contribution is 0.102. The molecule has 0 aromatic heterocycles. The van der Waals surface area contributed by atoms with Gasteiger partial charge in [-0.15, -0.1) is 0 Å². The normalized spacial score (nSPS) is 10.4. The Morgan fingerprint density at radius 1 is 1.25 bits per heavy atom. The second-order valence-corrected chi connectivity index (χ2v) is 5.90. The van der Waals surface area contributed by atoms with Gasteiger partial charge in [-0.05, 0) is 36.8 Å². The lowest BCUT2D eigenvalue weighted by Crippen LogP contribution is -2.12. The van der Waals surface area contributed by atoms with Gasteiger partial charge >= 0.3 is 0 Å². The maximum atomic E-state index is 12.1. The molecule has 104 valence electrons. The molecule has 0 heterocycles. The summed E-state index contributed by atoms with van der Waals surface area (Å²) in [5.41, 5.74) is 1.65. The number of hydrogen-bond donors (Lipinski definition) is 2. The summed E-state index contributed by atoms with van der Waals surface area (Å²) < 4.78 is 0.832. The molecule has 0 aliphatic heterocycles. The van der Waals surface area contributed by atoms with Gasteiger partial charge in [0.25, 0.3) is 5.91 Å². The van der Waals surface area contributed by atoms with E-state index in [9.17, 15) is 9.90 Å². The van der Waals surface area contributed by atoms with Crippen LogP contribution in [0.4, 0.5) is 5.69 Å². The van der Waals surface area contributed by atoms with Crippen molar-refractivity contribution in [2.24, 2.45) is 0 Å². The molecule has 0 bridgehead atoms. The first-order valence-corrected chi connectivity index (χ1v) is 7.19. The summed E-state index contributed by atoms with van der Waals surface area (Å²) in [7, 11) is 0. The Labute approximate surface area is 134 Å². The van der Waals surface area contributed by atoms with Crippen molar-refractivity contribution < 1.29 is 9.90 Å². The van der Waals surface area contributed by atoms with Crippen molar-refractivity contribution in [3.05, 3.63) is 56.0 Å². The quantitative estimate of drug-likeness (QED) is 0.725. The van der Waals surface area contributed by atoms with E-state index in [1.807, 2.05) is 13.0 Å². The van der Waals surface area contributed by atoms with Gasteiger partial charge in [0.15, 0.2) is 5.75 Å². The van der Waals surface area contributed by atoms with Gasteiger partial charge in [0.2, 0.25) is 0 Å². The van der Waals surface area contributed by atoms with Gasteiger partial charge in [-0.1, -0.05) is 45.2 Å². The highest BCUT2D eigenvalue weighted by Gasteiger charge is 2.13. The first-order valence-electron chi connectivity index (χ1n) is 5.64. The monoisotopic (exact) mass is 373 g/mol. The molecule has 0 spiro atoms. The zero-order valence-corrected chi connectivity index (χ0v) is 13.5. The van der Waals surface area contributed by atoms with Crippen molar-refractivity contribution in [3.63, 3.8) is 0 Å². The molecule has 1 amide bonds. The number of hydrogen-bond acceptors (Lipinski definition) is 2. The molecule has 2 aromatic carbocycles. The van der Waals surface area contributed by atoms with Crippen LogP contribution < -0.4 is 5.32 Å². The zero-order chi connectivity index (χ0) is 14.9. The SMILES string of the molecule is Cc1ccc(C(=O)Nc2cc(Cl)cc(Cl)c2O)cc1Br. The molecule has 0 atom stereocenters. The third-order valence-electron chi connectivity index (χ3n) is 2.71. The molecule has 0 aliphatic carbocycles. The molecular formula is C14H10BrCl2NO2. The Hall–Kier alpha value is -1.23. The number of nitrogens with one attached hydrogen (secondary N) is 1. The molecule has 0 fully saturated rings. The number of anilines is 1. The van der Waals surface area contributed by atoms with Crippen LogP contribution in [0.25, 0.3) is 0 Å². The number of amides is 1. The number of aromatic hydroxyl groups is 1. The molecule has 6 heteroatoms. The summed E-state index contributed by atoms with van der Waals surface area (Å²) in [6, 6.07) is 8.05. The van der Waals surface area contributed by atoms with Crippen LogP contribution in [0.3, 0.4) is 0 Å². The van der Waals surface area contributed by atoms with Crippen molar-refractivity contribution in [1.29, 1.82) is 0 Å². The average Bonchev–Trinajstić information content (AvgIpc) is 2.38. The van der Waals surface area contributed by atoms with Crippen molar-refractivity contribution in [3.8, 4) is 5.75 Å². The van der Waals surface area contributed by atoms with Crippen LogP contribution in [-0.4, -0.2) is 11.0 Å². The Bertz CT molecular complexity index is 689. The summed E-state index contributed by atoms with van der Waals surface area (Å²) in [5.74, 6) is -0.574. The second kappa shape index (κ2) is 6.04. The third-order valence-corrected chi connectivity index (χ3v) is 4.07. The molecule has 2 rings (SSSR count). The third kappa shape index (κ3) is 3.26. The number of halogens is 3. The van der Waals surface area contributed by atoms with Crippen LogP contribution in [0.2, 0.25) is 10.0 Å². The van der Waals surface area contributed by atoms with Crippen LogP contribution in [0.1, 0.15) is 15.9 Å². The molecule has 0 aliphatic rings. The van der Waals surface area contributed by atoms with Gasteiger partial charge in [0, 0.05) is 15.1 Å². The van der Waals surface area contributed by atoms with Gasteiger partial charge in [0.1, 0.15) is 0 Å². The van der Waals surface area contributed by atoms with E-state index in [4.69, 9.17) is 23.2 Å². The topological polar surface area (TPSA) is 49.3 Å². The Morgan fingerprint density at radius 2 is 1.95 bits per heavy atom. The van der Waals surface area contributed by atoms with Crippen LogP contribution in [0.15, 0.2) is 34.8 Å². The predicted molar refractivity (Wildman–Crippen MR) is 85.0 cm³/mol. The molecule has 0 radical (unpaired) electrons. The maximum Gasteiger partial charge on any atom is 0.255 e. The summed E-state index contributed by atoms with van der Waals surface area (Å²) in [6.45, 7) is 1.92. The van der Waals surface area contributed by atoms with Gasteiger partial charge in [0.05, 0.1) is 10.7 Å². The predicted octanol–water partition coefficient (Wildman–Crippen LogP) is 5.02. The molecule has 0 saturated carbocycles. The fraction of sp³-hybridized carbons (Fsp3) is 0.0714. The molecule has 20 heavy (non-hydrogen) atoms. The number of phenols is 1. The van der Waals surface area contributed by atoms with E-state index in [2.05, 4.69) is 21.2 Å². The zero-order valence-electron chi connectivity index (χ0n) is 10.4. The fourth-order valence-corrected chi connectivity index (χ4v) is 2.46. The Morgan fingerprint density at radius 3 is 2.60 bits per heavy atom. The van der Waals surface area contributed by atoms with Crippen molar-refractivity contribution in [2.75, 3.05) is 5.32 Å². The standard InChI is InChI=1S/C14H10BrCl2NO2/c1-7-2-3-8(4-10(7)15)14(20)18-12-6-9(16)5-11(17)13(12)19/h2-6,19H,1H3,(H,18,20). The van der Waals surface area contributed by atoms with E-state index in [1.165, 1.54) is 12.1 Å². The number of rotatable bonds is 2. The van der Waals surface area contributed by atoms with E-state index < -0.39 is 0 Å². The number of aryl methyl sites for hydroxylation is 1. The van der Waals surface area contributed by atoms with Crippen LogP contribution in [-0.2, 0) is 0 Å². The molecular weight excluding hydrogens is 365 g/mol. The summed E-state index contributed by atoms with van der Waals surface area (Å²) in [6.07, 6.45) is 0. The minimum absolute atomic E-state index is 0.0814.